The van der Waals surface area contributed by atoms with Gasteiger partial charge in [0.05, 0.1) is 6.20 Å². The smallest absolute Gasteiger partial charge is 0.128 e. The molecule has 0 amide bonds. The molecule has 0 aliphatic carbocycles. The van der Waals surface area contributed by atoms with Gasteiger partial charge in [0.25, 0.3) is 0 Å². The van der Waals surface area contributed by atoms with Gasteiger partial charge >= 0.3 is 0 Å². The molecular weight excluding hydrogens is 214 g/mol. The van der Waals surface area contributed by atoms with E-state index < -0.39 is 0 Å². The average Bonchev–Trinajstić information content (AvgIpc) is 2.96. The molecule has 0 spiro atoms. The Morgan fingerprint density at radius 1 is 1.41 bits per heavy atom. The lowest BCUT2D eigenvalue weighted by Gasteiger charge is -2.37. The van der Waals surface area contributed by atoms with Crippen molar-refractivity contribution in [2.45, 2.75) is 57.3 Å². The second-order valence-corrected chi connectivity index (χ2v) is 5.36. The van der Waals surface area contributed by atoms with Crippen molar-refractivity contribution in [3.63, 3.8) is 0 Å². The summed E-state index contributed by atoms with van der Waals surface area (Å²) in [5, 5.41) is 7.48. The van der Waals surface area contributed by atoms with Crippen molar-refractivity contribution in [2.24, 2.45) is 0 Å². The van der Waals surface area contributed by atoms with Crippen LogP contribution < -0.4 is 5.32 Å². The average molecular weight is 235 g/mol. The van der Waals surface area contributed by atoms with Crippen LogP contribution in [0.4, 0.5) is 0 Å². The minimum atomic E-state index is 0.730. The Kier molecular flexibility index (Phi) is 3.16. The Hall–Kier alpha value is -0.870. The molecule has 4 nitrogen and oxygen atoms in total. The van der Waals surface area contributed by atoms with Gasteiger partial charge in [-0.05, 0) is 32.2 Å². The highest BCUT2D eigenvalue weighted by Gasteiger charge is 2.35. The highest BCUT2D eigenvalue weighted by atomic mass is 16.5. The Bertz CT molecular complexity index is 340. The van der Waals surface area contributed by atoms with Crippen molar-refractivity contribution in [3.8, 4) is 0 Å². The summed E-state index contributed by atoms with van der Waals surface area (Å²) < 4.78 is 4.91. The number of nitrogens with one attached hydrogen (secondary N) is 1. The van der Waals surface area contributed by atoms with Crippen molar-refractivity contribution in [1.82, 2.24) is 15.4 Å². The van der Waals surface area contributed by atoms with E-state index in [-0.39, 0.29) is 0 Å². The maximum absolute atomic E-state index is 4.91. The Balaban J connectivity index is 1.64. The lowest BCUT2D eigenvalue weighted by atomic mass is 9.98. The van der Waals surface area contributed by atoms with E-state index >= 15 is 0 Å². The van der Waals surface area contributed by atoms with E-state index in [4.69, 9.17) is 4.52 Å². The van der Waals surface area contributed by atoms with Crippen LogP contribution in [0.25, 0.3) is 0 Å². The first-order valence-corrected chi connectivity index (χ1v) is 6.73. The van der Waals surface area contributed by atoms with Crippen LogP contribution >= 0.6 is 0 Å². The van der Waals surface area contributed by atoms with Crippen molar-refractivity contribution >= 4 is 0 Å². The molecule has 1 N–H and O–H groups in total. The number of fused-ring (bicyclic) bond motifs is 2. The summed E-state index contributed by atoms with van der Waals surface area (Å²) in [5.41, 5.74) is 1.19. The number of hydrogen-bond acceptors (Lipinski definition) is 4. The third kappa shape index (κ3) is 2.38. The quantitative estimate of drug-likeness (QED) is 0.863. The molecule has 0 saturated carbocycles. The number of aromatic nitrogens is 1. The molecule has 1 aromatic rings. The van der Waals surface area contributed by atoms with Gasteiger partial charge in [0.1, 0.15) is 6.26 Å². The summed E-state index contributed by atoms with van der Waals surface area (Å²) in [4.78, 5) is 2.57. The molecule has 17 heavy (non-hydrogen) atoms. The molecule has 2 aliphatic rings. The van der Waals surface area contributed by atoms with Gasteiger partial charge in [0.15, 0.2) is 0 Å². The summed E-state index contributed by atoms with van der Waals surface area (Å²) in [6.07, 6.45) is 8.93. The zero-order valence-electron chi connectivity index (χ0n) is 10.4. The van der Waals surface area contributed by atoms with Crippen molar-refractivity contribution in [3.05, 3.63) is 18.0 Å². The number of piperidine rings is 1. The van der Waals surface area contributed by atoms with Crippen LogP contribution in [0.15, 0.2) is 17.0 Å². The molecule has 0 radical (unpaired) electrons. The van der Waals surface area contributed by atoms with Gasteiger partial charge in [0.2, 0.25) is 0 Å². The van der Waals surface area contributed by atoms with Gasteiger partial charge in [-0.25, -0.2) is 0 Å². The zero-order chi connectivity index (χ0) is 11.7. The standard InChI is InChI=1S/C13H21N3O/c1-2-16(8-10-7-14-17-9-10)13-5-11-3-4-12(6-13)15-11/h7,9,11-13,15H,2-6,8H2,1H3. The minimum absolute atomic E-state index is 0.730. The fraction of sp³-hybridized carbons (Fsp3) is 0.769. The van der Waals surface area contributed by atoms with Crippen LogP contribution in [0.5, 0.6) is 0 Å². The molecule has 2 saturated heterocycles. The van der Waals surface area contributed by atoms with Crippen LogP contribution in [-0.4, -0.2) is 34.7 Å². The monoisotopic (exact) mass is 235 g/mol. The molecule has 3 heterocycles. The van der Waals surface area contributed by atoms with Gasteiger partial charge in [-0.2, -0.15) is 0 Å². The largest absolute Gasteiger partial charge is 0.364 e. The van der Waals surface area contributed by atoms with E-state index in [0.717, 1.165) is 31.2 Å². The first-order chi connectivity index (χ1) is 8.35. The SMILES string of the molecule is CCN(Cc1cnoc1)C1CC2CCC(C1)N2. The number of nitrogens with zero attached hydrogens (tertiary/aromatic N) is 2. The van der Waals surface area contributed by atoms with Crippen LogP contribution in [-0.2, 0) is 6.54 Å². The normalized spacial score (nSPS) is 32.2. The molecular formula is C13H21N3O. The van der Waals surface area contributed by atoms with E-state index in [1.165, 1.54) is 31.2 Å². The topological polar surface area (TPSA) is 41.3 Å². The second kappa shape index (κ2) is 4.78. The van der Waals surface area contributed by atoms with Crippen molar-refractivity contribution in [1.29, 1.82) is 0 Å². The summed E-state index contributed by atoms with van der Waals surface area (Å²) in [6.45, 7) is 4.33. The lowest BCUT2D eigenvalue weighted by Crippen LogP contribution is -2.47. The molecule has 2 atom stereocenters. The molecule has 0 aromatic carbocycles. The second-order valence-electron chi connectivity index (χ2n) is 5.36. The highest BCUT2D eigenvalue weighted by Crippen LogP contribution is 2.30. The predicted molar refractivity (Wildman–Crippen MR) is 65.6 cm³/mol. The third-order valence-corrected chi connectivity index (χ3v) is 4.24. The predicted octanol–water partition coefficient (Wildman–Crippen LogP) is 1.78. The van der Waals surface area contributed by atoms with Gasteiger partial charge in [0, 0.05) is 30.2 Å². The first kappa shape index (κ1) is 11.2. The van der Waals surface area contributed by atoms with Crippen molar-refractivity contribution < 1.29 is 4.52 Å². The van der Waals surface area contributed by atoms with Gasteiger partial charge in [-0.3, -0.25) is 4.90 Å². The van der Waals surface area contributed by atoms with Crippen LogP contribution in [0.2, 0.25) is 0 Å². The molecule has 3 rings (SSSR count). The van der Waals surface area contributed by atoms with Gasteiger partial charge < -0.3 is 9.84 Å². The third-order valence-electron chi connectivity index (χ3n) is 4.24. The Labute approximate surface area is 102 Å². The Morgan fingerprint density at radius 3 is 2.76 bits per heavy atom. The van der Waals surface area contributed by atoms with E-state index in [9.17, 15) is 0 Å². The molecule has 94 valence electrons. The first-order valence-electron chi connectivity index (χ1n) is 6.73. The molecule has 4 heteroatoms. The Morgan fingerprint density at radius 2 is 2.18 bits per heavy atom. The molecule has 2 bridgehead atoms. The van der Waals surface area contributed by atoms with Crippen LogP contribution in [0.3, 0.4) is 0 Å². The highest BCUT2D eigenvalue weighted by molar-refractivity contribution is 5.02. The zero-order valence-corrected chi connectivity index (χ0v) is 10.4. The minimum Gasteiger partial charge on any atom is -0.364 e. The molecule has 1 aromatic heterocycles. The summed E-state index contributed by atoms with van der Waals surface area (Å²) in [7, 11) is 0. The van der Waals surface area contributed by atoms with E-state index in [1.807, 2.05) is 6.20 Å². The maximum Gasteiger partial charge on any atom is 0.128 e. The maximum atomic E-state index is 4.91. The summed E-state index contributed by atoms with van der Waals surface area (Å²) in [6, 6.07) is 2.25. The summed E-state index contributed by atoms with van der Waals surface area (Å²) in [5.74, 6) is 0. The fourth-order valence-electron chi connectivity index (χ4n) is 3.36. The fourth-order valence-corrected chi connectivity index (χ4v) is 3.36. The number of hydrogen-bond donors (Lipinski definition) is 1. The van der Waals surface area contributed by atoms with Gasteiger partial charge in [-0.1, -0.05) is 12.1 Å². The molecule has 2 unspecified atom stereocenters. The van der Waals surface area contributed by atoms with Crippen molar-refractivity contribution in [2.75, 3.05) is 6.54 Å². The number of rotatable bonds is 4. The molecule has 2 aliphatic heterocycles. The van der Waals surface area contributed by atoms with E-state index in [2.05, 4.69) is 22.3 Å². The van der Waals surface area contributed by atoms with Crippen LogP contribution in [0, 0.1) is 0 Å². The van der Waals surface area contributed by atoms with Crippen LogP contribution in [0.1, 0.15) is 38.2 Å². The summed E-state index contributed by atoms with van der Waals surface area (Å²) >= 11 is 0. The van der Waals surface area contributed by atoms with E-state index in [1.54, 1.807) is 6.26 Å². The van der Waals surface area contributed by atoms with E-state index in [0.29, 0.717) is 0 Å². The molecule has 2 fully saturated rings. The van der Waals surface area contributed by atoms with Gasteiger partial charge in [-0.15, -0.1) is 0 Å². The lowest BCUT2D eigenvalue weighted by molar-refractivity contribution is 0.140.